The molecule has 1 aromatic rings. The zero-order valence-corrected chi connectivity index (χ0v) is 21.5. The van der Waals surface area contributed by atoms with Gasteiger partial charge < -0.3 is 9.80 Å². The Bertz CT molecular complexity index is 838. The predicted octanol–water partition coefficient (Wildman–Crippen LogP) is 4.95. The molecule has 4 nitrogen and oxygen atoms in total. The third kappa shape index (κ3) is 4.52. The molecule has 180 valence electrons. The van der Waals surface area contributed by atoms with Gasteiger partial charge in [0.15, 0.2) is 0 Å². The van der Waals surface area contributed by atoms with Gasteiger partial charge in [-0.15, -0.1) is 0 Å². The monoisotopic (exact) mass is 463 g/mol. The molecule has 2 spiro atoms. The minimum Gasteiger partial charge on any atom is -0.368 e. The second-order valence-electron chi connectivity index (χ2n) is 11.2. The van der Waals surface area contributed by atoms with E-state index in [1.165, 1.54) is 38.8 Å². The lowest BCUT2D eigenvalue weighted by molar-refractivity contribution is 0.229. The fourth-order valence-electron chi connectivity index (χ4n) is 6.55. The van der Waals surface area contributed by atoms with E-state index in [2.05, 4.69) is 47.9 Å². The molecular weight excluding hydrogens is 421 g/mol. The van der Waals surface area contributed by atoms with Crippen molar-refractivity contribution >= 4 is 16.7 Å². The van der Waals surface area contributed by atoms with E-state index in [-0.39, 0.29) is 11.2 Å². The Morgan fingerprint density at radius 3 is 2.19 bits per heavy atom. The zero-order valence-electron chi connectivity index (χ0n) is 20.7. The molecule has 2 saturated heterocycles. The molecule has 2 unspecified atom stereocenters. The first-order chi connectivity index (χ1) is 15.2. The Hall–Kier alpha value is -0.980. The molecule has 1 saturated carbocycles. The van der Waals surface area contributed by atoms with Crippen molar-refractivity contribution in [2.24, 2.45) is 5.41 Å². The summed E-state index contributed by atoms with van der Waals surface area (Å²) in [5.41, 5.74) is 2.72. The van der Waals surface area contributed by atoms with Crippen molar-refractivity contribution in [3.8, 4) is 0 Å². The third-order valence-corrected chi connectivity index (χ3v) is 9.49. The Labute approximate surface area is 197 Å². The number of nitrogens with zero attached hydrogens (tertiary/aromatic N) is 3. The van der Waals surface area contributed by atoms with Crippen molar-refractivity contribution in [1.29, 1.82) is 0 Å². The highest BCUT2D eigenvalue weighted by molar-refractivity contribution is 7.81. The van der Waals surface area contributed by atoms with Gasteiger partial charge in [0.1, 0.15) is 5.82 Å². The van der Waals surface area contributed by atoms with Crippen LogP contribution < -0.4 is 4.90 Å². The molecule has 1 aliphatic carbocycles. The highest BCUT2D eigenvalue weighted by Crippen LogP contribution is 2.51. The summed E-state index contributed by atoms with van der Waals surface area (Å²) >= 11 is 0. The number of benzene rings is 1. The molecule has 3 heterocycles. The predicted molar refractivity (Wildman–Crippen MR) is 133 cm³/mol. The van der Waals surface area contributed by atoms with Gasteiger partial charge in [0, 0.05) is 61.2 Å². The van der Waals surface area contributed by atoms with Gasteiger partial charge in [-0.25, -0.2) is 12.9 Å². The lowest BCUT2D eigenvalue weighted by Gasteiger charge is -2.28. The van der Waals surface area contributed by atoms with E-state index >= 15 is 0 Å². The Balaban J connectivity index is 0.000000155. The summed E-state index contributed by atoms with van der Waals surface area (Å²) < 4.78 is 27.8. The van der Waals surface area contributed by atoms with Crippen LogP contribution in [0.25, 0.3) is 0 Å². The first-order valence-electron chi connectivity index (χ1n) is 12.5. The number of likely N-dealkylation sites (tertiary alicyclic amines) is 1. The van der Waals surface area contributed by atoms with E-state index in [0.717, 1.165) is 43.7 Å². The summed E-state index contributed by atoms with van der Waals surface area (Å²) in [4.78, 5) is 4.94. The summed E-state index contributed by atoms with van der Waals surface area (Å²) in [5, 5.41) is 0. The second kappa shape index (κ2) is 9.34. The normalized spacial score (nSPS) is 28.2. The molecule has 32 heavy (non-hydrogen) atoms. The smallest absolute Gasteiger partial charge is 0.129 e. The van der Waals surface area contributed by atoms with E-state index < -0.39 is 11.0 Å². The quantitative estimate of drug-likeness (QED) is 0.634. The van der Waals surface area contributed by atoms with Crippen molar-refractivity contribution in [2.45, 2.75) is 83.7 Å². The molecule has 3 fully saturated rings. The van der Waals surface area contributed by atoms with Crippen molar-refractivity contribution in [2.75, 3.05) is 43.9 Å². The van der Waals surface area contributed by atoms with Crippen LogP contribution in [0, 0.1) is 11.2 Å². The Morgan fingerprint density at radius 2 is 1.62 bits per heavy atom. The van der Waals surface area contributed by atoms with Gasteiger partial charge >= 0.3 is 0 Å². The topological polar surface area (TPSA) is 26.8 Å². The van der Waals surface area contributed by atoms with Gasteiger partial charge in [0.05, 0.1) is 11.0 Å². The van der Waals surface area contributed by atoms with Crippen LogP contribution in [-0.2, 0) is 16.4 Å². The van der Waals surface area contributed by atoms with Gasteiger partial charge in [-0.3, -0.25) is 0 Å². The van der Waals surface area contributed by atoms with Crippen LogP contribution in [0.5, 0.6) is 0 Å². The van der Waals surface area contributed by atoms with E-state index in [1.807, 2.05) is 6.07 Å². The van der Waals surface area contributed by atoms with Crippen LogP contribution >= 0.6 is 0 Å². The number of hydrogen-bond acceptors (Lipinski definition) is 3. The van der Waals surface area contributed by atoms with Crippen molar-refractivity contribution < 1.29 is 8.60 Å². The fraction of sp³-hybridized carbons (Fsp3) is 0.769. The summed E-state index contributed by atoms with van der Waals surface area (Å²) in [7, 11) is -0.770. The molecule has 3 aliphatic heterocycles. The average molecular weight is 464 g/mol. The van der Waals surface area contributed by atoms with Crippen molar-refractivity contribution in [3.05, 3.63) is 29.6 Å². The van der Waals surface area contributed by atoms with Crippen molar-refractivity contribution in [1.82, 2.24) is 9.21 Å². The molecule has 0 aromatic heterocycles. The van der Waals surface area contributed by atoms with Crippen LogP contribution in [0.2, 0.25) is 0 Å². The molecule has 1 aromatic carbocycles. The van der Waals surface area contributed by atoms with E-state index in [0.29, 0.717) is 17.5 Å². The number of anilines is 1. The van der Waals surface area contributed by atoms with Gasteiger partial charge in [0.2, 0.25) is 0 Å². The minimum absolute atomic E-state index is 0.00699. The maximum Gasteiger partial charge on any atom is 0.129 e. The SMILES string of the molecule is CC(C)N1CC2(CCCC2)c2c(F)cccc21.CC(C)N1CCC2(CCN(S(C)=O)C2)C1. The number of rotatable bonds is 3. The average Bonchev–Trinajstić information content (AvgIpc) is 3.52. The molecule has 0 radical (unpaired) electrons. The van der Waals surface area contributed by atoms with E-state index in [1.54, 1.807) is 12.3 Å². The third-order valence-electron chi connectivity index (χ3n) is 8.45. The van der Waals surface area contributed by atoms with Gasteiger partial charge in [-0.1, -0.05) is 18.9 Å². The largest absolute Gasteiger partial charge is 0.368 e. The zero-order chi connectivity index (χ0) is 23.1. The highest BCUT2D eigenvalue weighted by Gasteiger charge is 2.47. The first-order valence-corrected chi connectivity index (χ1v) is 14.1. The molecule has 4 aliphatic rings. The lowest BCUT2D eigenvalue weighted by atomic mass is 9.80. The van der Waals surface area contributed by atoms with Gasteiger partial charge in [-0.05, 0) is 77.5 Å². The van der Waals surface area contributed by atoms with Crippen LogP contribution in [0.15, 0.2) is 18.2 Å². The first kappa shape index (κ1) is 24.2. The standard InChI is InChI=1S/C15H20FN.C11H22N2OS/c1-11(2)17-10-15(8-3-4-9-15)14-12(16)6-5-7-13(14)17;1-10(2)12-6-4-11(8-12)5-7-13(9-11)15(3)14/h5-7,11H,3-4,8-10H2,1-2H3;10H,4-9H2,1-3H3. The summed E-state index contributed by atoms with van der Waals surface area (Å²) in [6.45, 7) is 14.4. The molecule has 5 rings (SSSR count). The number of fused-ring (bicyclic) bond motifs is 2. The Morgan fingerprint density at radius 1 is 0.938 bits per heavy atom. The molecule has 2 atom stereocenters. The molecule has 0 bridgehead atoms. The van der Waals surface area contributed by atoms with Gasteiger partial charge in [-0.2, -0.15) is 0 Å². The fourth-order valence-corrected chi connectivity index (χ4v) is 7.35. The summed E-state index contributed by atoms with van der Waals surface area (Å²) in [6, 6.07) is 6.67. The molecular formula is C26H42FN3OS. The minimum atomic E-state index is -0.770. The van der Waals surface area contributed by atoms with Crippen LogP contribution in [0.4, 0.5) is 10.1 Å². The van der Waals surface area contributed by atoms with E-state index in [4.69, 9.17) is 0 Å². The van der Waals surface area contributed by atoms with Gasteiger partial charge in [0.25, 0.3) is 0 Å². The number of hydrogen-bond donors (Lipinski definition) is 0. The number of halogens is 1. The highest BCUT2D eigenvalue weighted by atomic mass is 32.2. The molecule has 6 heteroatoms. The maximum absolute atomic E-state index is 14.2. The van der Waals surface area contributed by atoms with Crippen molar-refractivity contribution in [3.63, 3.8) is 0 Å². The van der Waals surface area contributed by atoms with Crippen LogP contribution in [0.3, 0.4) is 0 Å². The molecule has 0 N–H and O–H groups in total. The second-order valence-corrected chi connectivity index (χ2v) is 12.6. The molecule has 0 amide bonds. The summed E-state index contributed by atoms with van der Waals surface area (Å²) in [5.74, 6) is 0.00699. The maximum atomic E-state index is 14.2. The Kier molecular flexibility index (Phi) is 7.05. The lowest BCUT2D eigenvalue weighted by Crippen LogP contribution is -2.35. The summed E-state index contributed by atoms with van der Waals surface area (Å²) in [6.07, 6.45) is 9.14. The van der Waals surface area contributed by atoms with E-state index in [9.17, 15) is 8.60 Å². The van der Waals surface area contributed by atoms with Crippen LogP contribution in [0.1, 0.15) is 71.8 Å². The van der Waals surface area contributed by atoms with Crippen LogP contribution in [-0.4, -0.2) is 64.5 Å².